The molecule has 0 spiro atoms. The van der Waals surface area contributed by atoms with Crippen LogP contribution < -0.4 is 20.1 Å². The molecule has 0 saturated carbocycles. The van der Waals surface area contributed by atoms with Gasteiger partial charge in [0.1, 0.15) is 17.3 Å². The largest absolute Gasteiger partial charge is 0.495 e. The second-order valence-corrected chi connectivity index (χ2v) is 9.50. The molecule has 0 aliphatic carbocycles. The van der Waals surface area contributed by atoms with E-state index in [1.165, 1.54) is 24.1 Å². The van der Waals surface area contributed by atoms with Crippen molar-refractivity contribution in [2.75, 3.05) is 47.6 Å². The summed E-state index contributed by atoms with van der Waals surface area (Å²) in [5.41, 5.74) is 2.12. The number of halogens is 1. The Morgan fingerprint density at radius 1 is 1.16 bits per heavy atom. The number of fused-ring (bicyclic) bond motifs is 1. The summed E-state index contributed by atoms with van der Waals surface area (Å²) < 4.78 is 31.6. The van der Waals surface area contributed by atoms with Gasteiger partial charge in [0.2, 0.25) is 5.91 Å². The van der Waals surface area contributed by atoms with Gasteiger partial charge in [-0.3, -0.25) is 14.4 Å². The Hall–Kier alpha value is -3.70. The molecule has 2 heterocycles. The molecule has 38 heavy (non-hydrogen) atoms. The number of aliphatic hydroxyl groups excluding tert-OH is 1. The average molecular weight is 530 g/mol. The minimum atomic E-state index is -0.810. The summed E-state index contributed by atoms with van der Waals surface area (Å²) in [7, 11) is 4.61. The number of methoxy groups -OCH3 is 1. The summed E-state index contributed by atoms with van der Waals surface area (Å²) >= 11 is 0. The zero-order chi connectivity index (χ0) is 27.4. The van der Waals surface area contributed by atoms with Gasteiger partial charge in [-0.25, -0.2) is 4.39 Å². The normalized spacial score (nSPS) is 18.2. The third-order valence-corrected chi connectivity index (χ3v) is 6.66. The zero-order valence-corrected chi connectivity index (χ0v) is 21.6. The van der Waals surface area contributed by atoms with Gasteiger partial charge in [0.05, 0.1) is 50.1 Å². The number of aliphatic hydroxyl groups is 1. The van der Waals surface area contributed by atoms with Crippen LogP contribution in [0.3, 0.4) is 0 Å². The van der Waals surface area contributed by atoms with Gasteiger partial charge in [-0.2, -0.15) is 0 Å². The van der Waals surface area contributed by atoms with Crippen LogP contribution in [0.15, 0.2) is 24.3 Å². The number of amides is 3. The van der Waals surface area contributed by atoms with Gasteiger partial charge in [-0.15, -0.1) is 0 Å². The van der Waals surface area contributed by atoms with Crippen molar-refractivity contribution in [3.63, 3.8) is 0 Å². The molecule has 4 rings (SSSR count). The van der Waals surface area contributed by atoms with E-state index in [4.69, 9.17) is 14.2 Å². The quantitative estimate of drug-likeness (QED) is 0.467. The molecule has 2 aromatic carbocycles. The van der Waals surface area contributed by atoms with E-state index in [1.54, 1.807) is 26.2 Å². The lowest BCUT2D eigenvalue weighted by atomic mass is 9.95. The van der Waals surface area contributed by atoms with Gasteiger partial charge in [-0.1, -0.05) is 6.07 Å². The van der Waals surface area contributed by atoms with Crippen LogP contribution in [0.1, 0.15) is 43.8 Å². The summed E-state index contributed by atoms with van der Waals surface area (Å²) in [6.07, 6.45) is 0.463. The van der Waals surface area contributed by atoms with Crippen molar-refractivity contribution in [2.45, 2.75) is 31.4 Å². The monoisotopic (exact) mass is 529 g/mol. The zero-order valence-electron chi connectivity index (χ0n) is 21.6. The topological polar surface area (TPSA) is 126 Å². The Balaban J connectivity index is 1.57. The second kappa shape index (κ2) is 11.8. The first-order chi connectivity index (χ1) is 18.2. The van der Waals surface area contributed by atoms with Crippen molar-refractivity contribution in [3.8, 4) is 11.5 Å². The first-order valence-corrected chi connectivity index (χ1v) is 12.4. The molecule has 2 aliphatic heterocycles. The van der Waals surface area contributed by atoms with Crippen LogP contribution in [0.5, 0.6) is 11.5 Å². The van der Waals surface area contributed by atoms with Crippen molar-refractivity contribution < 1.29 is 38.1 Å². The molecule has 0 unspecified atom stereocenters. The molecule has 0 aromatic heterocycles. The number of nitrogens with one attached hydrogen (secondary N) is 2. The predicted octanol–water partition coefficient (Wildman–Crippen LogP) is 1.06. The van der Waals surface area contributed by atoms with Crippen LogP contribution in [0, 0.1) is 5.82 Å². The van der Waals surface area contributed by atoms with Gasteiger partial charge >= 0.3 is 0 Å². The van der Waals surface area contributed by atoms with E-state index in [0.717, 1.165) is 5.56 Å². The van der Waals surface area contributed by atoms with Crippen LogP contribution in [0.4, 0.5) is 4.39 Å². The van der Waals surface area contributed by atoms with Gasteiger partial charge in [0, 0.05) is 39.1 Å². The van der Waals surface area contributed by atoms with E-state index < -0.39 is 29.8 Å². The number of likely N-dealkylation sites (N-methyl/N-ethyl adjacent to an activating group) is 1. The highest BCUT2D eigenvalue weighted by Crippen LogP contribution is 2.40. The number of carbonyl (C=O) groups excluding carboxylic acids is 3. The first-order valence-electron chi connectivity index (χ1n) is 12.4. The van der Waals surface area contributed by atoms with Gasteiger partial charge in [-0.05, 0) is 35.7 Å². The summed E-state index contributed by atoms with van der Waals surface area (Å²) in [5.74, 6) is -1.12. The van der Waals surface area contributed by atoms with Gasteiger partial charge in [0.15, 0.2) is 0 Å². The number of hydrogen-bond acceptors (Lipinski definition) is 7. The maximum absolute atomic E-state index is 14.9. The molecule has 0 radical (unpaired) electrons. The van der Waals surface area contributed by atoms with Crippen molar-refractivity contribution in [1.82, 2.24) is 15.5 Å². The smallest absolute Gasteiger partial charge is 0.255 e. The van der Waals surface area contributed by atoms with Crippen molar-refractivity contribution in [1.29, 1.82) is 0 Å². The third kappa shape index (κ3) is 5.89. The van der Waals surface area contributed by atoms with Crippen LogP contribution in [-0.4, -0.2) is 87.4 Å². The summed E-state index contributed by atoms with van der Waals surface area (Å²) in [6.45, 7) is 0.768. The van der Waals surface area contributed by atoms with Gasteiger partial charge in [0.25, 0.3) is 11.8 Å². The number of hydrogen-bond donors (Lipinski definition) is 3. The van der Waals surface area contributed by atoms with Crippen LogP contribution in [-0.2, 0) is 22.4 Å². The Morgan fingerprint density at radius 3 is 2.63 bits per heavy atom. The molecule has 1 saturated heterocycles. The lowest BCUT2D eigenvalue weighted by molar-refractivity contribution is -0.127. The predicted molar refractivity (Wildman–Crippen MR) is 135 cm³/mol. The fourth-order valence-corrected chi connectivity index (χ4v) is 4.58. The summed E-state index contributed by atoms with van der Waals surface area (Å²) in [6, 6.07) is 5.46. The fourth-order valence-electron chi connectivity index (χ4n) is 4.58. The second-order valence-electron chi connectivity index (χ2n) is 9.50. The van der Waals surface area contributed by atoms with Crippen LogP contribution in [0.2, 0.25) is 0 Å². The summed E-state index contributed by atoms with van der Waals surface area (Å²) in [4.78, 5) is 38.7. The molecule has 1 fully saturated rings. The lowest BCUT2D eigenvalue weighted by Crippen LogP contribution is -2.48. The maximum atomic E-state index is 14.9. The molecular weight excluding hydrogens is 497 g/mol. The molecule has 11 heteroatoms. The SMILES string of the molecule is COc1c(C(=O)N[C@H]2CCOC[C@@H]2O)cc(Cc2ccc(C(=O)NCC(=O)N(C)C)c(F)c2)c2c1CCO2. The average Bonchev–Trinajstić information content (AvgIpc) is 3.38. The van der Waals surface area contributed by atoms with E-state index in [9.17, 15) is 23.9 Å². The van der Waals surface area contributed by atoms with E-state index in [1.807, 2.05) is 0 Å². The van der Waals surface area contributed by atoms with Crippen LogP contribution >= 0.6 is 0 Å². The highest BCUT2D eigenvalue weighted by atomic mass is 19.1. The Kier molecular flexibility index (Phi) is 8.48. The van der Waals surface area contributed by atoms with Crippen LogP contribution in [0.25, 0.3) is 0 Å². The number of nitrogens with zero attached hydrogens (tertiary/aromatic N) is 1. The van der Waals surface area contributed by atoms with E-state index in [-0.39, 0.29) is 31.0 Å². The third-order valence-electron chi connectivity index (χ3n) is 6.66. The molecule has 2 aromatic rings. The molecular formula is C27H32FN3O7. The minimum absolute atomic E-state index is 0.150. The number of benzene rings is 2. The Bertz CT molecular complexity index is 1230. The highest BCUT2D eigenvalue weighted by molar-refractivity contribution is 5.98. The van der Waals surface area contributed by atoms with Crippen molar-refractivity contribution in [2.24, 2.45) is 0 Å². The van der Waals surface area contributed by atoms with E-state index >= 15 is 0 Å². The van der Waals surface area contributed by atoms with Crippen molar-refractivity contribution in [3.05, 3.63) is 57.9 Å². The molecule has 3 N–H and O–H groups in total. The fraction of sp³-hybridized carbons (Fsp3) is 0.444. The number of carbonyl (C=O) groups is 3. The molecule has 2 aliphatic rings. The molecule has 0 bridgehead atoms. The number of ether oxygens (including phenoxy) is 3. The Morgan fingerprint density at radius 2 is 1.95 bits per heavy atom. The first kappa shape index (κ1) is 27.3. The van der Waals surface area contributed by atoms with E-state index in [2.05, 4.69) is 10.6 Å². The molecule has 204 valence electrons. The standard InChI is InChI=1S/C27H32FN3O7/c1-31(2)23(33)13-29-26(34)17-5-4-15(11-20(17)28)10-16-12-19(25(36-3)18-6-9-38-24(16)18)27(35)30-21-7-8-37-14-22(21)32/h4-5,11-12,21-22,32H,6-10,13-14H2,1-3H3,(H,29,34)(H,30,35)/t21-,22-/m0/s1. The molecule has 3 amide bonds. The summed E-state index contributed by atoms with van der Waals surface area (Å²) in [5, 5.41) is 15.5. The van der Waals surface area contributed by atoms with Gasteiger partial charge < -0.3 is 34.9 Å². The highest BCUT2D eigenvalue weighted by Gasteiger charge is 2.30. The Labute approximate surface area is 220 Å². The van der Waals surface area contributed by atoms with E-state index in [0.29, 0.717) is 54.2 Å². The van der Waals surface area contributed by atoms with Crippen molar-refractivity contribution >= 4 is 17.7 Å². The maximum Gasteiger partial charge on any atom is 0.255 e. The molecule has 2 atom stereocenters. The number of rotatable bonds is 8. The molecule has 10 nitrogen and oxygen atoms in total. The lowest BCUT2D eigenvalue weighted by Gasteiger charge is -2.28. The minimum Gasteiger partial charge on any atom is -0.495 e.